The highest BCUT2D eigenvalue weighted by Gasteiger charge is 2.32. The van der Waals surface area contributed by atoms with E-state index in [1.807, 2.05) is 18.0 Å². The largest absolute Gasteiger partial charge is 0.372 e. The van der Waals surface area contributed by atoms with Gasteiger partial charge in [0.15, 0.2) is 0 Å². The highest BCUT2D eigenvalue weighted by atomic mass is 32.2. The summed E-state index contributed by atoms with van der Waals surface area (Å²) in [6, 6.07) is 10.7. The van der Waals surface area contributed by atoms with E-state index in [1.165, 1.54) is 5.56 Å². The van der Waals surface area contributed by atoms with Crippen molar-refractivity contribution in [2.75, 3.05) is 0 Å². The minimum atomic E-state index is -1.24. The SMILES string of the molecule is C[Si](C)(C)C#CCCC1(c2ccccc2)NC=CS1. The van der Waals surface area contributed by atoms with Crippen molar-refractivity contribution < 1.29 is 0 Å². The van der Waals surface area contributed by atoms with Crippen LogP contribution in [0.15, 0.2) is 41.9 Å². The molecule has 19 heavy (non-hydrogen) atoms. The molecule has 0 fully saturated rings. The Kier molecular flexibility index (Phi) is 4.44. The molecule has 1 atom stereocenters. The van der Waals surface area contributed by atoms with Crippen LogP contribution in [0.25, 0.3) is 0 Å². The molecule has 1 aliphatic heterocycles. The summed E-state index contributed by atoms with van der Waals surface area (Å²) in [5.74, 6) is 3.38. The summed E-state index contributed by atoms with van der Waals surface area (Å²) in [5, 5.41) is 5.65. The molecule has 0 amide bonds. The maximum atomic E-state index is 3.51. The van der Waals surface area contributed by atoms with E-state index in [0.29, 0.717) is 0 Å². The van der Waals surface area contributed by atoms with Gasteiger partial charge in [0.05, 0.1) is 0 Å². The lowest BCUT2D eigenvalue weighted by atomic mass is 10.0. The van der Waals surface area contributed by atoms with Gasteiger partial charge in [-0.25, -0.2) is 0 Å². The van der Waals surface area contributed by atoms with Crippen molar-refractivity contribution in [2.45, 2.75) is 37.4 Å². The summed E-state index contributed by atoms with van der Waals surface area (Å²) >= 11 is 1.85. The standard InChI is InChI=1S/C16H21NSSi/c1-19(2,3)14-8-7-11-16(17-12-13-18-16)15-9-5-4-6-10-15/h4-6,9-10,12-13,17H,7,11H2,1-3H3. The van der Waals surface area contributed by atoms with Crippen LogP contribution in [0.4, 0.5) is 0 Å². The van der Waals surface area contributed by atoms with Crippen molar-refractivity contribution in [1.29, 1.82) is 0 Å². The maximum Gasteiger partial charge on any atom is 0.129 e. The van der Waals surface area contributed by atoms with Gasteiger partial charge >= 0.3 is 0 Å². The number of hydrogen-bond acceptors (Lipinski definition) is 2. The first-order valence-electron chi connectivity index (χ1n) is 6.68. The maximum absolute atomic E-state index is 3.51. The van der Waals surface area contributed by atoms with Crippen LogP contribution >= 0.6 is 11.8 Å². The second kappa shape index (κ2) is 5.90. The third-order valence-electron chi connectivity index (χ3n) is 2.96. The van der Waals surface area contributed by atoms with Crippen LogP contribution in [-0.2, 0) is 4.87 Å². The molecule has 1 aliphatic rings. The molecule has 0 aliphatic carbocycles. The number of hydrogen-bond donors (Lipinski definition) is 1. The summed E-state index contributed by atoms with van der Waals surface area (Å²) in [4.78, 5) is -0.0185. The van der Waals surface area contributed by atoms with Crippen molar-refractivity contribution in [1.82, 2.24) is 5.32 Å². The number of thioether (sulfide) groups is 1. The second-order valence-electron chi connectivity index (χ2n) is 5.81. The van der Waals surface area contributed by atoms with Crippen LogP contribution in [0.3, 0.4) is 0 Å². The molecule has 0 saturated heterocycles. The molecule has 1 aromatic rings. The Morgan fingerprint density at radius 2 is 1.95 bits per heavy atom. The molecule has 0 spiro atoms. The van der Waals surface area contributed by atoms with Crippen LogP contribution in [-0.4, -0.2) is 8.07 Å². The third-order valence-corrected chi connectivity index (χ3v) is 5.12. The van der Waals surface area contributed by atoms with E-state index >= 15 is 0 Å². The zero-order chi connectivity index (χ0) is 13.8. The molecule has 1 heterocycles. The van der Waals surface area contributed by atoms with Gasteiger partial charge in [0.25, 0.3) is 0 Å². The van der Waals surface area contributed by atoms with Crippen molar-refractivity contribution >= 4 is 19.8 Å². The Labute approximate surface area is 121 Å². The van der Waals surface area contributed by atoms with Crippen molar-refractivity contribution in [2.24, 2.45) is 0 Å². The minimum absolute atomic E-state index is 0.0185. The van der Waals surface area contributed by atoms with Gasteiger partial charge in [-0.15, -0.1) is 11.5 Å². The molecule has 1 N–H and O–H groups in total. The summed E-state index contributed by atoms with van der Waals surface area (Å²) < 4.78 is 0. The number of nitrogens with one attached hydrogen (secondary N) is 1. The third kappa shape index (κ3) is 3.92. The lowest BCUT2D eigenvalue weighted by Crippen LogP contribution is -2.32. The van der Waals surface area contributed by atoms with Crippen LogP contribution in [0.2, 0.25) is 19.6 Å². The fraction of sp³-hybridized carbons (Fsp3) is 0.375. The minimum Gasteiger partial charge on any atom is -0.372 e. The van der Waals surface area contributed by atoms with Gasteiger partial charge in [0, 0.05) is 12.6 Å². The van der Waals surface area contributed by atoms with Crippen molar-refractivity contribution in [3.63, 3.8) is 0 Å². The average molecular weight is 288 g/mol. The molecule has 100 valence electrons. The molecular formula is C16H21NSSi. The van der Waals surface area contributed by atoms with Gasteiger partial charge in [0.2, 0.25) is 0 Å². The highest BCUT2D eigenvalue weighted by Crippen LogP contribution is 2.41. The van der Waals surface area contributed by atoms with Gasteiger partial charge in [-0.3, -0.25) is 0 Å². The first kappa shape index (κ1) is 14.3. The van der Waals surface area contributed by atoms with E-state index < -0.39 is 8.07 Å². The van der Waals surface area contributed by atoms with Crippen LogP contribution in [0.1, 0.15) is 18.4 Å². The van der Waals surface area contributed by atoms with Crippen LogP contribution in [0, 0.1) is 11.5 Å². The Hall–Kier alpha value is -1.11. The second-order valence-corrected chi connectivity index (χ2v) is 11.8. The predicted octanol–water partition coefficient (Wildman–Crippen LogP) is 4.31. The number of rotatable bonds is 3. The van der Waals surface area contributed by atoms with E-state index in [-0.39, 0.29) is 4.87 Å². The monoisotopic (exact) mass is 287 g/mol. The molecule has 2 rings (SSSR count). The first-order chi connectivity index (χ1) is 9.02. The molecule has 0 aromatic heterocycles. The normalized spacial score (nSPS) is 21.6. The smallest absolute Gasteiger partial charge is 0.129 e. The molecule has 1 aromatic carbocycles. The summed E-state index contributed by atoms with van der Waals surface area (Å²) in [5.41, 5.74) is 4.78. The van der Waals surface area contributed by atoms with Gasteiger partial charge < -0.3 is 5.32 Å². The molecule has 1 nitrogen and oxygen atoms in total. The number of benzene rings is 1. The molecule has 0 radical (unpaired) electrons. The predicted molar refractivity (Wildman–Crippen MR) is 88.3 cm³/mol. The van der Waals surface area contributed by atoms with Crippen molar-refractivity contribution in [3.05, 3.63) is 47.5 Å². The highest BCUT2D eigenvalue weighted by molar-refractivity contribution is 8.03. The first-order valence-corrected chi connectivity index (χ1v) is 11.1. The van der Waals surface area contributed by atoms with Gasteiger partial charge in [-0.05, 0) is 17.4 Å². The van der Waals surface area contributed by atoms with E-state index in [9.17, 15) is 0 Å². The Morgan fingerprint density at radius 1 is 1.21 bits per heavy atom. The van der Waals surface area contributed by atoms with E-state index in [4.69, 9.17) is 0 Å². The lowest BCUT2D eigenvalue weighted by Gasteiger charge is -2.29. The molecular weight excluding hydrogens is 266 g/mol. The lowest BCUT2D eigenvalue weighted by molar-refractivity contribution is 0.532. The fourth-order valence-electron chi connectivity index (χ4n) is 2.05. The van der Waals surface area contributed by atoms with Crippen molar-refractivity contribution in [3.8, 4) is 11.5 Å². The van der Waals surface area contributed by atoms with Crippen LogP contribution < -0.4 is 5.32 Å². The topological polar surface area (TPSA) is 12.0 Å². The van der Waals surface area contributed by atoms with E-state index in [1.54, 1.807) is 0 Å². The average Bonchev–Trinajstić information content (AvgIpc) is 2.85. The Balaban J connectivity index is 2.07. The van der Waals surface area contributed by atoms with Gasteiger partial charge in [-0.2, -0.15) is 0 Å². The summed E-state index contributed by atoms with van der Waals surface area (Å²) in [6.07, 6.45) is 4.02. The summed E-state index contributed by atoms with van der Waals surface area (Å²) in [6.45, 7) is 6.87. The van der Waals surface area contributed by atoms with Crippen LogP contribution in [0.5, 0.6) is 0 Å². The molecule has 3 heteroatoms. The van der Waals surface area contributed by atoms with E-state index in [0.717, 1.165) is 12.8 Å². The van der Waals surface area contributed by atoms with E-state index in [2.05, 4.69) is 72.2 Å². The van der Waals surface area contributed by atoms with Gasteiger partial charge in [0.1, 0.15) is 12.9 Å². The Morgan fingerprint density at radius 3 is 2.53 bits per heavy atom. The Bertz CT molecular complexity index is 497. The van der Waals surface area contributed by atoms with Gasteiger partial charge in [-0.1, -0.05) is 61.7 Å². The zero-order valence-electron chi connectivity index (χ0n) is 11.9. The molecule has 1 unspecified atom stereocenters. The summed E-state index contributed by atoms with van der Waals surface area (Å²) in [7, 11) is -1.24. The molecule has 0 bridgehead atoms. The zero-order valence-corrected chi connectivity index (χ0v) is 13.7. The molecule has 0 saturated carbocycles. The quantitative estimate of drug-likeness (QED) is 0.657. The fourth-order valence-corrected chi connectivity index (χ4v) is 3.71.